The third kappa shape index (κ3) is 2.49. The zero-order valence-electron chi connectivity index (χ0n) is 9.13. The van der Waals surface area contributed by atoms with Crippen LogP contribution in [-0.2, 0) is 20.9 Å². The summed E-state index contributed by atoms with van der Waals surface area (Å²) in [6.07, 6.45) is 2.12. The molecule has 84 valence electrons. The van der Waals surface area contributed by atoms with Gasteiger partial charge in [-0.25, -0.2) is 0 Å². The molecule has 2 atom stereocenters. The lowest BCUT2D eigenvalue weighted by molar-refractivity contribution is -0.137. The van der Waals surface area contributed by atoms with Gasteiger partial charge in [0.1, 0.15) is 6.10 Å². The average molecular weight is 218 g/mol. The van der Waals surface area contributed by atoms with Gasteiger partial charge in [0.25, 0.3) is 0 Å². The molecule has 0 unspecified atom stereocenters. The van der Waals surface area contributed by atoms with Gasteiger partial charge in [0.15, 0.2) is 11.9 Å². The average Bonchev–Trinajstić information content (AvgIpc) is 2.30. The molecule has 2 rings (SSSR count). The van der Waals surface area contributed by atoms with Gasteiger partial charge in [-0.2, -0.15) is 0 Å². The smallest absolute Gasteiger partial charge is 0.191 e. The molecule has 16 heavy (non-hydrogen) atoms. The zero-order chi connectivity index (χ0) is 11.4. The van der Waals surface area contributed by atoms with Gasteiger partial charge >= 0.3 is 0 Å². The van der Waals surface area contributed by atoms with Crippen LogP contribution in [0.25, 0.3) is 0 Å². The van der Waals surface area contributed by atoms with E-state index in [4.69, 9.17) is 9.47 Å². The number of ketones is 1. The standard InChI is InChI=1S/C13H14O3/c1-10-13(12(14)7-8-15-10)16-9-11-5-3-2-4-6-11/h2-8,10,13H,9H2,1H3/t10-,13+/m0/s1. The predicted molar refractivity (Wildman–Crippen MR) is 59.7 cm³/mol. The highest BCUT2D eigenvalue weighted by molar-refractivity contribution is 5.94. The van der Waals surface area contributed by atoms with E-state index in [1.165, 1.54) is 12.3 Å². The van der Waals surface area contributed by atoms with Gasteiger partial charge in [-0.1, -0.05) is 30.3 Å². The van der Waals surface area contributed by atoms with Crippen molar-refractivity contribution in [2.45, 2.75) is 25.7 Å². The largest absolute Gasteiger partial charge is 0.495 e. The minimum absolute atomic E-state index is 0.0327. The molecule has 3 nitrogen and oxygen atoms in total. The van der Waals surface area contributed by atoms with E-state index < -0.39 is 6.10 Å². The molecule has 0 fully saturated rings. The molecule has 0 radical (unpaired) electrons. The number of rotatable bonds is 3. The topological polar surface area (TPSA) is 35.5 Å². The Labute approximate surface area is 94.7 Å². The van der Waals surface area contributed by atoms with Crippen LogP contribution >= 0.6 is 0 Å². The maximum absolute atomic E-state index is 11.5. The lowest BCUT2D eigenvalue weighted by Crippen LogP contribution is -2.37. The molecule has 1 aromatic carbocycles. The molecule has 0 amide bonds. The minimum Gasteiger partial charge on any atom is -0.495 e. The maximum Gasteiger partial charge on any atom is 0.191 e. The summed E-state index contributed by atoms with van der Waals surface area (Å²) in [6.45, 7) is 2.26. The van der Waals surface area contributed by atoms with E-state index in [0.717, 1.165) is 5.56 Å². The molecule has 1 aliphatic heterocycles. The van der Waals surface area contributed by atoms with E-state index in [2.05, 4.69) is 0 Å². The number of benzene rings is 1. The second kappa shape index (κ2) is 4.94. The molecule has 0 aliphatic carbocycles. The molecule has 0 N–H and O–H groups in total. The summed E-state index contributed by atoms with van der Waals surface area (Å²) < 4.78 is 10.8. The van der Waals surface area contributed by atoms with Crippen LogP contribution in [-0.4, -0.2) is 18.0 Å². The van der Waals surface area contributed by atoms with Crippen molar-refractivity contribution in [3.63, 3.8) is 0 Å². The molecular weight excluding hydrogens is 204 g/mol. The van der Waals surface area contributed by atoms with Crippen LogP contribution in [0.1, 0.15) is 12.5 Å². The Bertz CT molecular complexity index is 383. The second-order valence-electron chi connectivity index (χ2n) is 3.76. The van der Waals surface area contributed by atoms with Gasteiger partial charge < -0.3 is 9.47 Å². The quantitative estimate of drug-likeness (QED) is 0.779. The highest BCUT2D eigenvalue weighted by Crippen LogP contribution is 2.14. The molecule has 0 spiro atoms. The molecule has 3 heteroatoms. The first kappa shape index (κ1) is 10.9. The first-order chi connectivity index (χ1) is 7.77. The van der Waals surface area contributed by atoms with E-state index in [9.17, 15) is 4.79 Å². The van der Waals surface area contributed by atoms with E-state index in [1.807, 2.05) is 37.3 Å². The van der Waals surface area contributed by atoms with Crippen molar-refractivity contribution >= 4 is 5.78 Å². The van der Waals surface area contributed by atoms with Crippen molar-refractivity contribution in [2.24, 2.45) is 0 Å². The van der Waals surface area contributed by atoms with Crippen LogP contribution in [0.15, 0.2) is 42.7 Å². The Morgan fingerprint density at radius 3 is 2.75 bits per heavy atom. The summed E-state index contributed by atoms with van der Waals surface area (Å²) in [5.74, 6) is -0.0327. The van der Waals surface area contributed by atoms with Crippen LogP contribution in [0.4, 0.5) is 0 Å². The summed E-state index contributed by atoms with van der Waals surface area (Å²) >= 11 is 0. The number of carbonyl (C=O) groups is 1. The lowest BCUT2D eigenvalue weighted by atomic mass is 10.1. The van der Waals surface area contributed by atoms with Crippen LogP contribution in [0, 0.1) is 0 Å². The Balaban J connectivity index is 1.95. The van der Waals surface area contributed by atoms with Crippen molar-refractivity contribution in [1.82, 2.24) is 0 Å². The maximum atomic E-state index is 11.5. The highest BCUT2D eigenvalue weighted by Gasteiger charge is 2.27. The summed E-state index contributed by atoms with van der Waals surface area (Å²) in [7, 11) is 0. The summed E-state index contributed by atoms with van der Waals surface area (Å²) in [5, 5.41) is 0. The summed E-state index contributed by atoms with van der Waals surface area (Å²) in [5.41, 5.74) is 1.05. The van der Waals surface area contributed by atoms with Crippen molar-refractivity contribution in [3.05, 3.63) is 48.2 Å². The highest BCUT2D eigenvalue weighted by atomic mass is 16.5. The van der Waals surface area contributed by atoms with Gasteiger partial charge in [0, 0.05) is 6.08 Å². The number of carbonyl (C=O) groups excluding carboxylic acids is 1. The molecular formula is C13H14O3. The van der Waals surface area contributed by atoms with Crippen LogP contribution < -0.4 is 0 Å². The van der Waals surface area contributed by atoms with Crippen molar-refractivity contribution in [2.75, 3.05) is 0 Å². The van der Waals surface area contributed by atoms with Gasteiger partial charge in [-0.05, 0) is 12.5 Å². The summed E-state index contributed by atoms with van der Waals surface area (Å²) in [6, 6.07) is 9.77. The van der Waals surface area contributed by atoms with E-state index in [-0.39, 0.29) is 11.9 Å². The molecule has 0 bridgehead atoms. The first-order valence-electron chi connectivity index (χ1n) is 5.29. The third-order valence-corrected chi connectivity index (χ3v) is 2.50. The normalized spacial score (nSPS) is 24.2. The van der Waals surface area contributed by atoms with Crippen molar-refractivity contribution in [1.29, 1.82) is 0 Å². The number of hydrogen-bond donors (Lipinski definition) is 0. The van der Waals surface area contributed by atoms with E-state index >= 15 is 0 Å². The third-order valence-electron chi connectivity index (χ3n) is 2.50. The predicted octanol–water partition coefficient (Wildman–Crippen LogP) is 2.07. The molecule has 1 aliphatic rings. The molecule has 0 aromatic heterocycles. The van der Waals surface area contributed by atoms with Crippen LogP contribution in [0.2, 0.25) is 0 Å². The zero-order valence-corrected chi connectivity index (χ0v) is 9.13. The van der Waals surface area contributed by atoms with Crippen LogP contribution in [0.5, 0.6) is 0 Å². The molecule has 0 saturated heterocycles. The number of hydrogen-bond acceptors (Lipinski definition) is 3. The number of ether oxygens (including phenoxy) is 2. The minimum atomic E-state index is -0.495. The Morgan fingerprint density at radius 1 is 1.31 bits per heavy atom. The Hall–Kier alpha value is -1.61. The summed E-state index contributed by atoms with van der Waals surface area (Å²) in [4.78, 5) is 11.5. The monoisotopic (exact) mass is 218 g/mol. The Kier molecular flexibility index (Phi) is 3.37. The fourth-order valence-electron chi connectivity index (χ4n) is 1.61. The Morgan fingerprint density at radius 2 is 2.06 bits per heavy atom. The SMILES string of the molecule is C[C@@H]1OC=CC(=O)[C@@H]1OCc1ccccc1. The van der Waals surface area contributed by atoms with E-state index in [0.29, 0.717) is 6.61 Å². The van der Waals surface area contributed by atoms with Gasteiger partial charge in [0.05, 0.1) is 12.9 Å². The van der Waals surface area contributed by atoms with Crippen molar-refractivity contribution < 1.29 is 14.3 Å². The first-order valence-corrected chi connectivity index (χ1v) is 5.29. The fourth-order valence-corrected chi connectivity index (χ4v) is 1.61. The van der Waals surface area contributed by atoms with E-state index in [1.54, 1.807) is 0 Å². The lowest BCUT2D eigenvalue weighted by Gasteiger charge is -2.24. The van der Waals surface area contributed by atoms with Crippen molar-refractivity contribution in [3.8, 4) is 0 Å². The molecule has 0 saturated carbocycles. The second-order valence-corrected chi connectivity index (χ2v) is 3.76. The van der Waals surface area contributed by atoms with Gasteiger partial charge in [-0.3, -0.25) is 4.79 Å². The fraction of sp³-hybridized carbons (Fsp3) is 0.308. The van der Waals surface area contributed by atoms with Gasteiger partial charge in [-0.15, -0.1) is 0 Å². The van der Waals surface area contributed by atoms with Crippen LogP contribution in [0.3, 0.4) is 0 Å². The molecule has 1 aromatic rings. The van der Waals surface area contributed by atoms with Gasteiger partial charge in [0.2, 0.25) is 0 Å². The molecule has 1 heterocycles.